The van der Waals surface area contributed by atoms with E-state index < -0.39 is 18.2 Å². The number of ether oxygens (including phenoxy) is 2. The van der Waals surface area contributed by atoms with Gasteiger partial charge in [0.25, 0.3) is 0 Å². The Bertz CT molecular complexity index is 1210. The first-order chi connectivity index (χ1) is 27.4. The molecule has 8 amide bonds. The Morgan fingerprint density at radius 3 is 1.28 bits per heavy atom. The third-order valence-electron chi connectivity index (χ3n) is 6.90. The smallest absolute Gasteiger partial charge is 0.407 e. The van der Waals surface area contributed by atoms with E-state index in [-0.39, 0.29) is 86.7 Å². The van der Waals surface area contributed by atoms with Gasteiger partial charge < -0.3 is 52.0 Å². The molecule has 0 bridgehead atoms. The van der Waals surface area contributed by atoms with Crippen LogP contribution in [0.4, 0.5) is 9.59 Å². The van der Waals surface area contributed by atoms with E-state index in [0.717, 1.165) is 19.3 Å². The summed E-state index contributed by atoms with van der Waals surface area (Å²) < 4.78 is 9.64. The van der Waals surface area contributed by atoms with Crippen molar-refractivity contribution in [3.8, 4) is 0 Å². The van der Waals surface area contributed by atoms with Crippen molar-refractivity contribution in [1.29, 1.82) is 0 Å². The van der Waals surface area contributed by atoms with Crippen molar-refractivity contribution >= 4 is 59.4 Å². The number of thioether (sulfide) groups is 1. The number of amides is 8. The van der Waals surface area contributed by atoms with Gasteiger partial charge in [-0.05, 0) is 79.9 Å². The minimum absolute atomic E-state index is 0. The fraction of sp³-hybridized carbons (Fsp3) is 0.805. The minimum atomic E-state index is -0.550. The maximum atomic E-state index is 11.5. The van der Waals surface area contributed by atoms with Gasteiger partial charge in [-0.15, -0.1) is 0 Å². The lowest BCUT2D eigenvalue weighted by molar-refractivity contribution is -0.127. The van der Waals surface area contributed by atoms with Gasteiger partial charge in [0.05, 0.1) is 19.8 Å². The monoisotopic (exact) mass is 881 g/mol. The van der Waals surface area contributed by atoms with E-state index in [2.05, 4.69) is 42.5 Å². The highest BCUT2D eigenvalue weighted by molar-refractivity contribution is 7.98. The molecule has 8 N–H and O–H groups in total. The highest BCUT2D eigenvalue weighted by Gasteiger charge is 2.19. The minimum Gasteiger partial charge on any atom is -0.450 e. The molecule has 60 heavy (non-hydrogen) atoms. The quantitative estimate of drug-likeness (QED) is 0.0772. The number of alkyl carbamates (subject to hydrolysis) is 2. The van der Waals surface area contributed by atoms with Crippen molar-refractivity contribution in [1.82, 2.24) is 42.5 Å². The summed E-state index contributed by atoms with van der Waals surface area (Å²) in [7, 11) is 0. The first-order valence-electron chi connectivity index (χ1n) is 20.5. The number of nitrogens with one attached hydrogen (secondary N) is 8. The molecular formula is C41H84N8O10S. The summed E-state index contributed by atoms with van der Waals surface area (Å²) in [4.78, 5) is 89.1. The zero-order valence-corrected chi connectivity index (χ0v) is 39.4. The normalized spacial score (nSPS) is 11.4. The van der Waals surface area contributed by atoms with Crippen LogP contribution in [0.15, 0.2) is 0 Å². The van der Waals surface area contributed by atoms with Crippen molar-refractivity contribution < 1.29 is 47.8 Å². The Morgan fingerprint density at radius 2 is 0.933 bits per heavy atom. The Morgan fingerprint density at radius 1 is 0.533 bits per heavy atom. The molecule has 3 atom stereocenters. The lowest BCUT2D eigenvalue weighted by Gasteiger charge is -2.18. The number of carbonyl (C=O) groups excluding carboxylic acids is 8. The first kappa shape index (κ1) is 64.8. The lowest BCUT2D eigenvalue weighted by atomic mass is 10.1. The average molecular weight is 881 g/mol. The molecule has 0 aliphatic rings. The van der Waals surface area contributed by atoms with Crippen LogP contribution in [0.1, 0.15) is 130 Å². The van der Waals surface area contributed by atoms with E-state index in [9.17, 15) is 38.4 Å². The number of hydrogen-bond acceptors (Lipinski definition) is 11. The number of hydrogen-bond donors (Lipinski definition) is 8. The Hall–Kier alpha value is -4.29. The van der Waals surface area contributed by atoms with Gasteiger partial charge in [-0.3, -0.25) is 28.8 Å². The summed E-state index contributed by atoms with van der Waals surface area (Å²) in [6.45, 7) is 27.1. The molecule has 0 heterocycles. The van der Waals surface area contributed by atoms with Gasteiger partial charge >= 0.3 is 12.2 Å². The standard InChI is InChI=1S/C11H22N2O3.C11H22N2O2.C9H18N2O3.C9H18N2O2S.CH4/c1-5-9(4)7-16-11(15)12-6-10(14)13-8(2)3;1-5-9(4)6-10(14)12-7-11(15)13-8(2)3;1-4-5-14-9(13)10-6-8(12)11-7(2)3;1-6(2)10-9(13)8(5-14-4)11-7(3)12;/h8-9H,5-7H2,1-4H3,(H,12,15)(H,13,14);8-9H,5-7H2,1-4H3,(H,12,14)(H,13,15);7H,4-6H2,1-3H3,(H,10,13)(H,11,12);6,8H,5H2,1-4H3,(H,10,13)(H,11,12);1H4. The van der Waals surface area contributed by atoms with Gasteiger partial charge in [-0.1, -0.05) is 54.9 Å². The fourth-order valence-electron chi connectivity index (χ4n) is 3.75. The predicted molar refractivity (Wildman–Crippen MR) is 241 cm³/mol. The molecule has 0 aromatic carbocycles. The van der Waals surface area contributed by atoms with Crippen LogP contribution in [0.25, 0.3) is 0 Å². The van der Waals surface area contributed by atoms with Crippen LogP contribution < -0.4 is 42.5 Å². The molecule has 354 valence electrons. The van der Waals surface area contributed by atoms with Crippen molar-refractivity contribution in [3.63, 3.8) is 0 Å². The molecule has 0 spiro atoms. The van der Waals surface area contributed by atoms with Crippen LogP contribution in [-0.2, 0) is 38.2 Å². The van der Waals surface area contributed by atoms with Gasteiger partial charge in [0.15, 0.2) is 0 Å². The summed E-state index contributed by atoms with van der Waals surface area (Å²) in [5.74, 6) is 0.397. The maximum absolute atomic E-state index is 11.5. The zero-order chi connectivity index (χ0) is 46.5. The van der Waals surface area contributed by atoms with Crippen LogP contribution in [0.3, 0.4) is 0 Å². The Kier molecular flexibility index (Phi) is 44.8. The molecule has 0 radical (unpaired) electrons. The molecule has 3 unspecified atom stereocenters. The molecular weight excluding hydrogens is 797 g/mol. The zero-order valence-electron chi connectivity index (χ0n) is 38.6. The highest BCUT2D eigenvalue weighted by Crippen LogP contribution is 2.05. The van der Waals surface area contributed by atoms with Gasteiger partial charge in [-0.2, -0.15) is 11.8 Å². The van der Waals surface area contributed by atoms with Crippen LogP contribution in [0, 0.1) is 11.8 Å². The first-order valence-corrected chi connectivity index (χ1v) is 21.9. The van der Waals surface area contributed by atoms with E-state index in [1.54, 1.807) is 0 Å². The Balaban J connectivity index is -0.000000223. The molecule has 0 fully saturated rings. The second kappa shape index (κ2) is 41.4. The maximum Gasteiger partial charge on any atom is 0.407 e. The van der Waals surface area contributed by atoms with Gasteiger partial charge in [-0.25, -0.2) is 9.59 Å². The van der Waals surface area contributed by atoms with E-state index in [4.69, 9.17) is 9.47 Å². The van der Waals surface area contributed by atoms with Crippen molar-refractivity contribution in [2.24, 2.45) is 11.8 Å². The topological polar surface area (TPSA) is 251 Å². The van der Waals surface area contributed by atoms with E-state index in [1.807, 2.05) is 96.3 Å². The molecule has 19 heteroatoms. The molecule has 0 aliphatic carbocycles. The van der Waals surface area contributed by atoms with Crippen LogP contribution in [0.2, 0.25) is 0 Å². The largest absolute Gasteiger partial charge is 0.450 e. The third kappa shape index (κ3) is 49.9. The van der Waals surface area contributed by atoms with Crippen LogP contribution >= 0.6 is 11.8 Å². The Labute approximate surface area is 365 Å². The molecule has 18 nitrogen and oxygen atoms in total. The van der Waals surface area contributed by atoms with Gasteiger partial charge in [0.2, 0.25) is 35.4 Å². The summed E-state index contributed by atoms with van der Waals surface area (Å²) >= 11 is 1.53. The SMILES string of the molecule is C.CCC(C)CC(=O)NCC(=O)NC(C)C.CCC(C)COC(=O)NCC(=O)NC(C)C.CCCOC(=O)NCC(=O)NC(C)C.CSCC(NC(C)=O)C(=O)NC(C)C. The third-order valence-corrected chi connectivity index (χ3v) is 7.57. The van der Waals surface area contributed by atoms with Gasteiger partial charge in [0.1, 0.15) is 19.1 Å². The number of carbonyl (C=O) groups is 8. The summed E-state index contributed by atoms with van der Waals surface area (Å²) in [6, 6.07) is -0.0594. The number of rotatable bonds is 22. The molecule has 0 aromatic rings. The van der Waals surface area contributed by atoms with E-state index in [0.29, 0.717) is 37.2 Å². The summed E-state index contributed by atoms with van der Waals surface area (Å²) in [6.07, 6.45) is 4.01. The molecule has 0 aliphatic heterocycles. The summed E-state index contributed by atoms with van der Waals surface area (Å²) in [5, 5.41) is 20.7. The predicted octanol–water partition coefficient (Wildman–Crippen LogP) is 4.01. The molecule has 0 rings (SSSR count). The molecule has 0 aromatic heterocycles. The molecule has 0 saturated carbocycles. The van der Waals surface area contributed by atoms with Crippen molar-refractivity contribution in [2.75, 3.05) is 44.9 Å². The van der Waals surface area contributed by atoms with E-state index in [1.165, 1.54) is 18.7 Å². The van der Waals surface area contributed by atoms with Crippen LogP contribution in [0.5, 0.6) is 0 Å². The average Bonchev–Trinajstić information content (AvgIpc) is 3.12. The second-order valence-electron chi connectivity index (χ2n) is 15.0. The van der Waals surface area contributed by atoms with Crippen LogP contribution in [-0.4, -0.2) is 123 Å². The molecule has 0 saturated heterocycles. The summed E-state index contributed by atoms with van der Waals surface area (Å²) in [5.41, 5.74) is 0. The van der Waals surface area contributed by atoms with E-state index >= 15 is 0 Å². The van der Waals surface area contributed by atoms with Crippen molar-refractivity contribution in [2.45, 2.75) is 160 Å². The highest BCUT2D eigenvalue weighted by atomic mass is 32.2. The van der Waals surface area contributed by atoms with Crippen molar-refractivity contribution in [3.05, 3.63) is 0 Å². The van der Waals surface area contributed by atoms with Gasteiger partial charge in [0, 0.05) is 43.3 Å². The fourth-order valence-corrected chi connectivity index (χ4v) is 4.32. The lowest BCUT2D eigenvalue weighted by Crippen LogP contribution is -2.49. The second-order valence-corrected chi connectivity index (χ2v) is 15.9.